The number of rotatable bonds is 6. The molecule has 0 saturated heterocycles. The smallest absolute Gasteiger partial charge is 0.250 e. The molecule has 1 N–H and O–H groups in total. The third-order valence-corrected chi connectivity index (χ3v) is 3.48. The Morgan fingerprint density at radius 1 is 1.38 bits per heavy atom. The second kappa shape index (κ2) is 7.16. The van der Waals surface area contributed by atoms with Crippen LogP contribution in [0, 0.1) is 0 Å². The molecule has 0 aliphatic heterocycles. The topological polar surface area (TPSA) is 81.8 Å². The first-order chi connectivity index (χ1) is 10.1. The molecular weight excluding hydrogens is 338 g/mol. The van der Waals surface area contributed by atoms with Crippen molar-refractivity contribution >= 4 is 21.8 Å². The van der Waals surface area contributed by atoms with E-state index in [0.29, 0.717) is 18.9 Å². The Morgan fingerprint density at radius 2 is 2.19 bits per heavy atom. The van der Waals surface area contributed by atoms with E-state index in [4.69, 9.17) is 0 Å². The first kappa shape index (κ1) is 15.4. The molecule has 0 unspecified atom stereocenters. The van der Waals surface area contributed by atoms with E-state index >= 15 is 0 Å². The normalized spacial score (nSPS) is 10.6. The third kappa shape index (κ3) is 4.25. The standard InChI is InChI=1S/C13H16BrN5O2/c1-2-18-9-16-17-11(18)7-15-12(20)5-6-19-8-10(14)3-4-13(19)21/h3-4,8-9H,2,5-7H2,1H3,(H,15,20). The molecule has 0 spiro atoms. The van der Waals surface area contributed by atoms with Crippen LogP contribution in [0.3, 0.4) is 0 Å². The van der Waals surface area contributed by atoms with E-state index in [-0.39, 0.29) is 17.9 Å². The maximum Gasteiger partial charge on any atom is 0.250 e. The van der Waals surface area contributed by atoms with Crippen molar-refractivity contribution in [3.63, 3.8) is 0 Å². The van der Waals surface area contributed by atoms with Crippen LogP contribution in [0.4, 0.5) is 0 Å². The van der Waals surface area contributed by atoms with Crippen LogP contribution in [-0.2, 0) is 24.4 Å². The number of carbonyl (C=O) groups is 1. The van der Waals surface area contributed by atoms with Crippen molar-refractivity contribution in [2.24, 2.45) is 0 Å². The van der Waals surface area contributed by atoms with Crippen LogP contribution in [0.25, 0.3) is 0 Å². The zero-order chi connectivity index (χ0) is 15.2. The molecule has 0 aliphatic rings. The number of nitrogens with one attached hydrogen (secondary N) is 1. The molecule has 21 heavy (non-hydrogen) atoms. The van der Waals surface area contributed by atoms with Crippen LogP contribution in [0.2, 0.25) is 0 Å². The first-order valence-electron chi connectivity index (χ1n) is 6.59. The summed E-state index contributed by atoms with van der Waals surface area (Å²) < 4.78 is 4.16. The fraction of sp³-hybridized carbons (Fsp3) is 0.385. The predicted molar refractivity (Wildman–Crippen MR) is 80.6 cm³/mol. The van der Waals surface area contributed by atoms with E-state index in [2.05, 4.69) is 31.4 Å². The number of pyridine rings is 1. The van der Waals surface area contributed by atoms with Crippen LogP contribution in [0.1, 0.15) is 19.2 Å². The number of halogens is 1. The van der Waals surface area contributed by atoms with Gasteiger partial charge in [-0.15, -0.1) is 10.2 Å². The van der Waals surface area contributed by atoms with Crippen LogP contribution in [0.5, 0.6) is 0 Å². The highest BCUT2D eigenvalue weighted by Gasteiger charge is 2.06. The second-order valence-electron chi connectivity index (χ2n) is 4.44. The Labute approximate surface area is 130 Å². The summed E-state index contributed by atoms with van der Waals surface area (Å²) in [4.78, 5) is 23.4. The summed E-state index contributed by atoms with van der Waals surface area (Å²) in [6, 6.07) is 3.14. The second-order valence-corrected chi connectivity index (χ2v) is 5.35. The van der Waals surface area contributed by atoms with E-state index in [1.54, 1.807) is 18.6 Å². The molecule has 0 radical (unpaired) electrons. The maximum absolute atomic E-state index is 11.8. The Hall–Kier alpha value is -1.96. The molecule has 2 heterocycles. The van der Waals surface area contributed by atoms with Gasteiger partial charge in [-0.1, -0.05) is 0 Å². The van der Waals surface area contributed by atoms with Gasteiger partial charge in [0.15, 0.2) is 5.82 Å². The summed E-state index contributed by atoms with van der Waals surface area (Å²) >= 11 is 3.30. The molecule has 2 rings (SSSR count). The van der Waals surface area contributed by atoms with Crippen molar-refractivity contribution in [1.29, 1.82) is 0 Å². The lowest BCUT2D eigenvalue weighted by Crippen LogP contribution is -2.27. The van der Waals surface area contributed by atoms with Gasteiger partial charge < -0.3 is 14.5 Å². The van der Waals surface area contributed by atoms with Crippen molar-refractivity contribution in [1.82, 2.24) is 24.6 Å². The highest BCUT2D eigenvalue weighted by molar-refractivity contribution is 9.10. The minimum absolute atomic E-state index is 0.128. The predicted octanol–water partition coefficient (Wildman–Crippen LogP) is 0.929. The van der Waals surface area contributed by atoms with Gasteiger partial charge in [0, 0.05) is 36.2 Å². The number of nitrogens with zero attached hydrogens (tertiary/aromatic N) is 4. The van der Waals surface area contributed by atoms with E-state index < -0.39 is 0 Å². The molecule has 2 aromatic heterocycles. The summed E-state index contributed by atoms with van der Waals surface area (Å²) in [5, 5.41) is 10.5. The van der Waals surface area contributed by atoms with Crippen molar-refractivity contribution < 1.29 is 4.79 Å². The third-order valence-electron chi connectivity index (χ3n) is 3.01. The molecule has 0 saturated carbocycles. The fourth-order valence-electron chi connectivity index (χ4n) is 1.84. The maximum atomic E-state index is 11.8. The molecule has 7 nitrogen and oxygen atoms in total. The number of carbonyl (C=O) groups excluding carboxylic acids is 1. The van der Waals surface area contributed by atoms with Crippen LogP contribution in [0.15, 0.2) is 33.9 Å². The van der Waals surface area contributed by atoms with Gasteiger partial charge in [-0.25, -0.2) is 0 Å². The van der Waals surface area contributed by atoms with E-state index in [1.165, 1.54) is 10.6 Å². The van der Waals surface area contributed by atoms with Gasteiger partial charge in [0.05, 0.1) is 6.54 Å². The van der Waals surface area contributed by atoms with Gasteiger partial charge in [-0.2, -0.15) is 0 Å². The van der Waals surface area contributed by atoms with Crippen molar-refractivity contribution in [2.75, 3.05) is 0 Å². The van der Waals surface area contributed by atoms with Gasteiger partial charge in [0.25, 0.3) is 5.56 Å². The van der Waals surface area contributed by atoms with Gasteiger partial charge in [0.1, 0.15) is 6.33 Å². The fourth-order valence-corrected chi connectivity index (χ4v) is 2.22. The molecule has 0 bridgehead atoms. The molecule has 8 heteroatoms. The molecule has 0 aromatic carbocycles. The average Bonchev–Trinajstić information content (AvgIpc) is 2.93. The summed E-state index contributed by atoms with van der Waals surface area (Å²) in [7, 11) is 0. The number of aryl methyl sites for hydroxylation is 2. The lowest BCUT2D eigenvalue weighted by atomic mass is 10.3. The number of amides is 1. The van der Waals surface area contributed by atoms with Gasteiger partial charge in [0.2, 0.25) is 5.91 Å². The molecule has 0 fully saturated rings. The van der Waals surface area contributed by atoms with Crippen LogP contribution in [-0.4, -0.2) is 25.2 Å². The summed E-state index contributed by atoms with van der Waals surface area (Å²) in [5.41, 5.74) is -0.128. The van der Waals surface area contributed by atoms with Crippen LogP contribution >= 0.6 is 15.9 Å². The Balaban J connectivity index is 1.85. The lowest BCUT2D eigenvalue weighted by Gasteiger charge is -2.07. The molecule has 0 aliphatic carbocycles. The van der Waals surface area contributed by atoms with E-state index in [0.717, 1.165) is 11.0 Å². The molecule has 0 atom stereocenters. The first-order valence-corrected chi connectivity index (χ1v) is 7.39. The molecular formula is C13H16BrN5O2. The van der Waals surface area contributed by atoms with Gasteiger partial charge in [-0.3, -0.25) is 9.59 Å². The summed E-state index contributed by atoms with van der Waals surface area (Å²) in [6.07, 6.45) is 3.53. The Bertz CT molecular complexity index is 679. The Kier molecular flexibility index (Phi) is 5.26. The highest BCUT2D eigenvalue weighted by atomic mass is 79.9. The van der Waals surface area contributed by atoms with Crippen LogP contribution < -0.4 is 10.9 Å². The highest BCUT2D eigenvalue weighted by Crippen LogP contribution is 2.05. The van der Waals surface area contributed by atoms with E-state index in [9.17, 15) is 9.59 Å². The quantitative estimate of drug-likeness (QED) is 0.837. The minimum atomic E-state index is -0.132. The lowest BCUT2D eigenvalue weighted by molar-refractivity contribution is -0.121. The molecule has 112 valence electrons. The summed E-state index contributed by atoms with van der Waals surface area (Å²) in [6.45, 7) is 3.41. The van der Waals surface area contributed by atoms with Crippen molar-refractivity contribution in [3.8, 4) is 0 Å². The van der Waals surface area contributed by atoms with E-state index in [1.807, 2.05) is 11.5 Å². The number of aromatic nitrogens is 4. The van der Waals surface area contributed by atoms with Gasteiger partial charge >= 0.3 is 0 Å². The number of hydrogen-bond acceptors (Lipinski definition) is 4. The number of hydrogen-bond donors (Lipinski definition) is 1. The minimum Gasteiger partial charge on any atom is -0.349 e. The van der Waals surface area contributed by atoms with Gasteiger partial charge in [-0.05, 0) is 28.9 Å². The average molecular weight is 354 g/mol. The molecule has 1 amide bonds. The van der Waals surface area contributed by atoms with Crippen molar-refractivity contribution in [3.05, 3.63) is 45.3 Å². The summed E-state index contributed by atoms with van der Waals surface area (Å²) in [5.74, 6) is 0.581. The largest absolute Gasteiger partial charge is 0.349 e. The SMILES string of the molecule is CCn1cnnc1CNC(=O)CCn1cc(Br)ccc1=O. The zero-order valence-electron chi connectivity index (χ0n) is 11.6. The molecule has 2 aromatic rings. The Morgan fingerprint density at radius 3 is 2.95 bits per heavy atom. The zero-order valence-corrected chi connectivity index (χ0v) is 13.2. The van der Waals surface area contributed by atoms with Crippen molar-refractivity contribution in [2.45, 2.75) is 33.0 Å². The monoisotopic (exact) mass is 353 g/mol.